The van der Waals surface area contributed by atoms with Crippen LogP contribution in [0.25, 0.3) is 0 Å². The van der Waals surface area contributed by atoms with Crippen LogP contribution in [0.1, 0.15) is 35.2 Å². The van der Waals surface area contributed by atoms with Gasteiger partial charge in [0.1, 0.15) is 16.9 Å². The molecule has 6 nitrogen and oxygen atoms in total. The molecule has 3 rings (SSSR count). The van der Waals surface area contributed by atoms with Gasteiger partial charge < -0.3 is 19.4 Å². The molecular formula is C16H19NO5. The van der Waals surface area contributed by atoms with Crippen molar-refractivity contribution in [1.82, 2.24) is 0 Å². The van der Waals surface area contributed by atoms with Gasteiger partial charge in [0.25, 0.3) is 0 Å². The van der Waals surface area contributed by atoms with Crippen LogP contribution < -0.4 is 4.74 Å². The van der Waals surface area contributed by atoms with Crippen molar-refractivity contribution in [2.24, 2.45) is 11.1 Å². The van der Waals surface area contributed by atoms with Gasteiger partial charge in [-0.1, -0.05) is 5.16 Å². The van der Waals surface area contributed by atoms with Crippen molar-refractivity contribution < 1.29 is 24.2 Å². The molecule has 1 aliphatic heterocycles. The summed E-state index contributed by atoms with van der Waals surface area (Å²) in [5.41, 5.74) is 1.73. The van der Waals surface area contributed by atoms with Crippen LogP contribution in [-0.2, 0) is 9.57 Å². The zero-order chi connectivity index (χ0) is 15.7. The van der Waals surface area contributed by atoms with Gasteiger partial charge in [0, 0.05) is 18.6 Å². The Morgan fingerprint density at radius 3 is 2.86 bits per heavy atom. The van der Waals surface area contributed by atoms with E-state index in [4.69, 9.17) is 19.4 Å². The molecule has 22 heavy (non-hydrogen) atoms. The molecule has 0 atom stereocenters. The molecule has 1 fully saturated rings. The molecule has 118 valence electrons. The maximum atomic E-state index is 11.8. The number of benzene rings is 1. The van der Waals surface area contributed by atoms with Crippen LogP contribution in [-0.4, -0.2) is 43.2 Å². The highest BCUT2D eigenvalue weighted by atomic mass is 16.7. The van der Waals surface area contributed by atoms with Crippen LogP contribution in [0.2, 0.25) is 0 Å². The van der Waals surface area contributed by atoms with Crippen LogP contribution >= 0.6 is 0 Å². The largest absolute Gasteiger partial charge is 0.496 e. The minimum atomic E-state index is -0.447. The van der Waals surface area contributed by atoms with E-state index in [2.05, 4.69) is 5.16 Å². The zero-order valence-corrected chi connectivity index (χ0v) is 12.7. The van der Waals surface area contributed by atoms with Crippen molar-refractivity contribution in [3.05, 3.63) is 29.3 Å². The van der Waals surface area contributed by atoms with Crippen LogP contribution in [0.5, 0.6) is 5.75 Å². The first kappa shape index (κ1) is 14.8. The minimum Gasteiger partial charge on any atom is -0.496 e. The molecule has 1 saturated carbocycles. The first-order valence-electron chi connectivity index (χ1n) is 7.23. The van der Waals surface area contributed by atoms with E-state index in [1.54, 1.807) is 12.1 Å². The predicted octanol–water partition coefficient (Wildman–Crippen LogP) is 1.75. The van der Waals surface area contributed by atoms with E-state index in [0.717, 1.165) is 24.1 Å². The Labute approximate surface area is 128 Å². The van der Waals surface area contributed by atoms with Crippen LogP contribution in [0.3, 0.4) is 0 Å². The van der Waals surface area contributed by atoms with Gasteiger partial charge in [-0.15, -0.1) is 0 Å². The Morgan fingerprint density at radius 2 is 2.23 bits per heavy atom. The summed E-state index contributed by atoms with van der Waals surface area (Å²) in [6.07, 6.45) is 2.32. The average molecular weight is 305 g/mol. The maximum Gasteiger partial charge on any atom is 0.341 e. The van der Waals surface area contributed by atoms with Crippen molar-refractivity contribution in [2.75, 3.05) is 20.8 Å². The number of oxime groups is 1. The van der Waals surface area contributed by atoms with Crippen molar-refractivity contribution in [3.63, 3.8) is 0 Å². The summed E-state index contributed by atoms with van der Waals surface area (Å²) >= 11 is 0. The number of carbonyl (C=O) groups is 1. The Kier molecular flexibility index (Phi) is 3.78. The van der Waals surface area contributed by atoms with E-state index in [-0.39, 0.29) is 12.2 Å². The monoisotopic (exact) mass is 305 g/mol. The third-order valence-electron chi connectivity index (χ3n) is 4.36. The lowest BCUT2D eigenvalue weighted by atomic mass is 9.69. The van der Waals surface area contributed by atoms with E-state index in [0.29, 0.717) is 23.7 Å². The number of esters is 1. The molecule has 0 bridgehead atoms. The molecule has 0 aromatic heterocycles. The molecule has 6 heteroatoms. The van der Waals surface area contributed by atoms with Crippen LogP contribution in [0.4, 0.5) is 0 Å². The highest BCUT2D eigenvalue weighted by Gasteiger charge is 2.50. The van der Waals surface area contributed by atoms with E-state index >= 15 is 0 Å². The number of rotatable bonds is 4. The fourth-order valence-electron chi connectivity index (χ4n) is 3.17. The Morgan fingerprint density at radius 1 is 1.45 bits per heavy atom. The zero-order valence-electron chi connectivity index (χ0n) is 12.7. The maximum absolute atomic E-state index is 11.8. The average Bonchev–Trinajstić information content (AvgIpc) is 2.97. The van der Waals surface area contributed by atoms with Gasteiger partial charge >= 0.3 is 5.97 Å². The summed E-state index contributed by atoms with van der Waals surface area (Å²) in [6, 6.07) is 5.30. The van der Waals surface area contributed by atoms with Crippen molar-refractivity contribution >= 4 is 11.7 Å². The number of hydrogen-bond acceptors (Lipinski definition) is 6. The number of ether oxygens (including phenoxy) is 2. The number of aliphatic hydroxyl groups is 1. The lowest BCUT2D eigenvalue weighted by Gasteiger charge is -2.41. The van der Waals surface area contributed by atoms with Crippen molar-refractivity contribution in [1.29, 1.82) is 0 Å². The second-order valence-corrected chi connectivity index (χ2v) is 5.85. The van der Waals surface area contributed by atoms with Gasteiger partial charge in [0.2, 0.25) is 0 Å². The fourth-order valence-corrected chi connectivity index (χ4v) is 3.17. The van der Waals surface area contributed by atoms with Crippen molar-refractivity contribution in [3.8, 4) is 5.75 Å². The molecule has 0 saturated heterocycles. The second kappa shape index (κ2) is 5.61. The number of nitrogens with zero attached hydrogens (tertiary/aromatic N) is 1. The topological polar surface area (TPSA) is 77.4 Å². The third kappa shape index (κ3) is 2.43. The molecule has 0 radical (unpaired) electrons. The van der Waals surface area contributed by atoms with Crippen LogP contribution in [0.15, 0.2) is 23.4 Å². The molecule has 1 heterocycles. The second-order valence-electron chi connectivity index (χ2n) is 5.85. The normalized spacial score (nSPS) is 26.1. The molecule has 0 amide bonds. The van der Waals surface area contributed by atoms with E-state index in [1.807, 2.05) is 6.07 Å². The predicted molar refractivity (Wildman–Crippen MR) is 79.1 cm³/mol. The summed E-state index contributed by atoms with van der Waals surface area (Å²) in [5, 5.41) is 13.3. The number of aliphatic hydroxyl groups excluding tert-OH is 1. The van der Waals surface area contributed by atoms with E-state index < -0.39 is 5.97 Å². The first-order valence-corrected chi connectivity index (χ1v) is 7.23. The lowest BCUT2D eigenvalue weighted by Crippen LogP contribution is -2.45. The standard InChI is InChI=1S/C16H19NO5/c1-20-14-4-3-11(5-12(14)15(19)21-2)13-8-16(22-17-13)6-10(7-16)9-18/h3-5,10,18H,6-9H2,1-2H3. The Hall–Kier alpha value is -2.08. The molecule has 1 N–H and O–H groups in total. The molecular weight excluding hydrogens is 286 g/mol. The minimum absolute atomic E-state index is 0.190. The molecule has 1 aromatic carbocycles. The fraction of sp³-hybridized carbons (Fsp3) is 0.500. The van der Waals surface area contributed by atoms with Gasteiger partial charge in [-0.3, -0.25) is 0 Å². The van der Waals surface area contributed by atoms with E-state index in [9.17, 15) is 4.79 Å². The number of carbonyl (C=O) groups excluding carboxylic acids is 1. The lowest BCUT2D eigenvalue weighted by molar-refractivity contribution is -0.117. The quantitative estimate of drug-likeness (QED) is 0.858. The summed E-state index contributed by atoms with van der Waals surface area (Å²) in [7, 11) is 2.85. The Balaban J connectivity index is 1.80. The molecule has 1 spiro atoms. The number of methoxy groups -OCH3 is 2. The Bertz CT molecular complexity index is 619. The summed E-state index contributed by atoms with van der Waals surface area (Å²) < 4.78 is 9.97. The van der Waals surface area contributed by atoms with Gasteiger partial charge in [0.15, 0.2) is 0 Å². The molecule has 1 aliphatic carbocycles. The molecule has 2 aliphatic rings. The summed E-state index contributed by atoms with van der Waals surface area (Å²) in [6.45, 7) is 0.190. The van der Waals surface area contributed by atoms with Gasteiger partial charge in [-0.2, -0.15) is 0 Å². The molecule has 1 aromatic rings. The summed E-state index contributed by atoms with van der Waals surface area (Å²) in [5.74, 6) is 0.321. The van der Waals surface area contributed by atoms with E-state index in [1.165, 1.54) is 14.2 Å². The molecule has 0 unspecified atom stereocenters. The number of hydrogen-bond donors (Lipinski definition) is 1. The first-order chi connectivity index (χ1) is 10.6. The third-order valence-corrected chi connectivity index (χ3v) is 4.36. The summed E-state index contributed by atoms with van der Waals surface area (Å²) in [4.78, 5) is 17.4. The van der Waals surface area contributed by atoms with Gasteiger partial charge in [0.05, 0.1) is 19.9 Å². The smallest absolute Gasteiger partial charge is 0.341 e. The SMILES string of the molecule is COC(=O)c1cc(C2=NOC3(C2)CC(CO)C3)ccc1OC. The van der Waals surface area contributed by atoms with Crippen LogP contribution in [0, 0.1) is 5.92 Å². The van der Waals surface area contributed by atoms with Gasteiger partial charge in [-0.25, -0.2) is 4.79 Å². The highest BCUT2D eigenvalue weighted by Crippen LogP contribution is 2.47. The highest BCUT2D eigenvalue weighted by molar-refractivity contribution is 6.04. The van der Waals surface area contributed by atoms with Gasteiger partial charge in [-0.05, 0) is 37.0 Å². The van der Waals surface area contributed by atoms with Crippen molar-refractivity contribution in [2.45, 2.75) is 24.9 Å².